The topological polar surface area (TPSA) is 112 Å². The summed E-state index contributed by atoms with van der Waals surface area (Å²) in [7, 11) is 0. The highest BCUT2D eigenvalue weighted by atomic mass is 35.5. The third-order valence-corrected chi connectivity index (χ3v) is 8.51. The average Bonchev–Trinajstić information content (AvgIpc) is 3.04. The number of rotatable bonds is 9. The van der Waals surface area contributed by atoms with Gasteiger partial charge < -0.3 is 29.6 Å². The van der Waals surface area contributed by atoms with Crippen molar-refractivity contribution in [2.45, 2.75) is 45.8 Å². The fourth-order valence-corrected chi connectivity index (χ4v) is 5.99. The van der Waals surface area contributed by atoms with Crippen LogP contribution >= 0.6 is 23.2 Å². The summed E-state index contributed by atoms with van der Waals surface area (Å²) in [5.74, 6) is 0.443. The van der Waals surface area contributed by atoms with Crippen LogP contribution in [0.3, 0.4) is 0 Å². The molecular weight excluding hydrogens is 648 g/mol. The first-order valence-electron chi connectivity index (χ1n) is 15.6. The van der Waals surface area contributed by atoms with Gasteiger partial charge in [0.05, 0.1) is 18.2 Å². The van der Waals surface area contributed by atoms with Crippen LogP contribution in [0.5, 0.6) is 11.5 Å². The van der Waals surface area contributed by atoms with Crippen molar-refractivity contribution in [2.24, 2.45) is 0 Å². The van der Waals surface area contributed by atoms with Gasteiger partial charge in [0, 0.05) is 66.8 Å². The molecule has 0 radical (unpaired) electrons. The second kappa shape index (κ2) is 15.1. The maximum atomic E-state index is 14.2. The molecule has 0 spiro atoms. The maximum Gasteiger partial charge on any atom is 0.410 e. The molecule has 13 heteroatoms. The van der Waals surface area contributed by atoms with Crippen molar-refractivity contribution in [3.63, 3.8) is 0 Å². The molecule has 2 aliphatic rings. The summed E-state index contributed by atoms with van der Waals surface area (Å²) < 4.78 is 37.7. The van der Waals surface area contributed by atoms with Gasteiger partial charge in [-0.3, -0.25) is 9.88 Å². The predicted molar refractivity (Wildman–Crippen MR) is 180 cm³/mol. The number of anilines is 1. The van der Waals surface area contributed by atoms with E-state index in [1.54, 1.807) is 30.3 Å². The Kier molecular flexibility index (Phi) is 11.1. The summed E-state index contributed by atoms with van der Waals surface area (Å²) in [5, 5.41) is 0.161. The Hall–Kier alpha value is -3.64. The van der Waals surface area contributed by atoms with E-state index in [9.17, 15) is 9.18 Å². The molecule has 2 aliphatic heterocycles. The number of nitrogens with two attached hydrogens (primary N) is 1. The Balaban J connectivity index is 1.40. The van der Waals surface area contributed by atoms with Crippen molar-refractivity contribution < 1.29 is 28.1 Å². The van der Waals surface area contributed by atoms with Gasteiger partial charge in [-0.15, -0.1) is 0 Å². The molecule has 0 unspecified atom stereocenters. The molecule has 5 rings (SSSR count). The molecule has 1 fully saturated rings. The number of hydrogen-bond donors (Lipinski definition) is 1. The number of benzene rings is 1. The first-order valence-corrected chi connectivity index (χ1v) is 16.3. The summed E-state index contributed by atoms with van der Waals surface area (Å²) in [5.41, 5.74) is 9.03. The molecular formula is C34H40Cl2FN5O5. The minimum Gasteiger partial charge on any atom is -0.490 e. The molecule has 1 saturated heterocycles. The number of ether oxygens (including phenoxy) is 4. The van der Waals surface area contributed by atoms with Crippen molar-refractivity contribution in [3.8, 4) is 22.6 Å². The van der Waals surface area contributed by atoms with Crippen molar-refractivity contribution in [3.05, 3.63) is 69.9 Å². The van der Waals surface area contributed by atoms with Crippen molar-refractivity contribution in [2.75, 3.05) is 58.3 Å². The van der Waals surface area contributed by atoms with Gasteiger partial charge in [0.2, 0.25) is 0 Å². The standard InChI is InChI=1S/C34H40Cl2FN5O5/c1-21(29-25(35)5-6-26(37)30(29)36)46-28-18-24(20-40-32(28)38)23-17-27(45-16-13-41-11-14-44-15-12-41)31(39-19-23)22-7-9-42(10-8-22)33(43)47-34(2,3)4/h5-7,17-21H,8-16H2,1-4H3,(H2,38,40)/t21-/m1/s1. The van der Waals surface area contributed by atoms with Gasteiger partial charge in [-0.1, -0.05) is 29.3 Å². The van der Waals surface area contributed by atoms with E-state index in [-0.39, 0.29) is 27.7 Å². The van der Waals surface area contributed by atoms with E-state index in [1.165, 1.54) is 12.1 Å². The lowest BCUT2D eigenvalue weighted by Crippen LogP contribution is -2.39. The number of hydrogen-bond acceptors (Lipinski definition) is 9. The van der Waals surface area contributed by atoms with Crippen LogP contribution in [0.4, 0.5) is 15.0 Å². The SMILES string of the molecule is C[C@@H](Oc1cc(-c2cnc(C3=CCN(C(=O)OC(C)(C)C)CC3)c(OCCN3CCOCC3)c2)cnc1N)c1c(Cl)ccc(F)c1Cl. The van der Waals surface area contributed by atoms with Crippen LogP contribution < -0.4 is 15.2 Å². The van der Waals surface area contributed by atoms with E-state index >= 15 is 0 Å². The molecule has 47 heavy (non-hydrogen) atoms. The van der Waals surface area contributed by atoms with Gasteiger partial charge >= 0.3 is 6.09 Å². The van der Waals surface area contributed by atoms with Gasteiger partial charge in [-0.05, 0) is 64.0 Å². The summed E-state index contributed by atoms with van der Waals surface area (Å²) in [4.78, 5) is 25.8. The Morgan fingerprint density at radius 3 is 2.47 bits per heavy atom. The van der Waals surface area contributed by atoms with E-state index in [2.05, 4.69) is 9.88 Å². The van der Waals surface area contributed by atoms with E-state index in [0.717, 1.165) is 30.8 Å². The molecule has 3 aromatic rings. The fraction of sp³-hybridized carbons (Fsp3) is 0.441. The smallest absolute Gasteiger partial charge is 0.410 e. The van der Waals surface area contributed by atoms with Gasteiger partial charge in [-0.25, -0.2) is 14.2 Å². The Morgan fingerprint density at radius 2 is 1.79 bits per heavy atom. The average molecular weight is 689 g/mol. The zero-order valence-corrected chi connectivity index (χ0v) is 28.5. The van der Waals surface area contributed by atoms with Crippen LogP contribution in [0, 0.1) is 5.82 Å². The van der Waals surface area contributed by atoms with Gasteiger partial charge in [0.1, 0.15) is 35.6 Å². The Morgan fingerprint density at radius 1 is 1.09 bits per heavy atom. The summed E-state index contributed by atoms with van der Waals surface area (Å²) in [6.45, 7) is 12.5. The predicted octanol–water partition coefficient (Wildman–Crippen LogP) is 7.05. The normalized spacial score (nSPS) is 16.4. The quantitative estimate of drug-likeness (QED) is 0.237. The fourth-order valence-electron chi connectivity index (χ4n) is 5.31. The minimum atomic E-state index is -0.719. The van der Waals surface area contributed by atoms with Crippen molar-refractivity contribution >= 4 is 40.7 Å². The van der Waals surface area contributed by atoms with Crippen LogP contribution in [0.1, 0.15) is 51.5 Å². The molecule has 4 heterocycles. The summed E-state index contributed by atoms with van der Waals surface area (Å²) in [6.07, 6.45) is 4.89. The monoisotopic (exact) mass is 687 g/mol. The molecule has 2 aromatic heterocycles. The van der Waals surface area contributed by atoms with Crippen LogP contribution in [0.25, 0.3) is 16.7 Å². The van der Waals surface area contributed by atoms with Gasteiger partial charge in [0.25, 0.3) is 0 Å². The number of carbonyl (C=O) groups excluding carboxylic acids is 1. The molecule has 2 N–H and O–H groups in total. The van der Waals surface area contributed by atoms with E-state index in [4.69, 9.17) is 52.9 Å². The minimum absolute atomic E-state index is 0.113. The number of pyridine rings is 2. The number of aromatic nitrogens is 2. The number of halogens is 3. The van der Waals surface area contributed by atoms with Gasteiger partial charge in [-0.2, -0.15) is 0 Å². The zero-order chi connectivity index (χ0) is 33.7. The number of morpholine rings is 1. The molecule has 0 bridgehead atoms. The van der Waals surface area contributed by atoms with E-state index in [0.29, 0.717) is 61.9 Å². The highest BCUT2D eigenvalue weighted by molar-refractivity contribution is 6.36. The molecule has 252 valence electrons. The number of carbonyl (C=O) groups is 1. The third-order valence-electron chi connectivity index (χ3n) is 7.79. The largest absolute Gasteiger partial charge is 0.490 e. The lowest BCUT2D eigenvalue weighted by Gasteiger charge is -2.30. The van der Waals surface area contributed by atoms with Crippen molar-refractivity contribution in [1.29, 1.82) is 0 Å². The van der Waals surface area contributed by atoms with Crippen LogP contribution in [0.15, 0.2) is 42.7 Å². The first-order chi connectivity index (χ1) is 22.4. The molecule has 0 aliphatic carbocycles. The summed E-state index contributed by atoms with van der Waals surface area (Å²) >= 11 is 12.5. The number of nitrogens with zero attached hydrogens (tertiary/aromatic N) is 4. The molecule has 10 nitrogen and oxygen atoms in total. The Labute approximate surface area is 284 Å². The highest BCUT2D eigenvalue weighted by Gasteiger charge is 2.26. The molecule has 0 saturated carbocycles. The van der Waals surface area contributed by atoms with E-state index < -0.39 is 17.5 Å². The van der Waals surface area contributed by atoms with Crippen LogP contribution in [-0.4, -0.2) is 84.0 Å². The maximum absolute atomic E-state index is 14.2. The van der Waals surface area contributed by atoms with Crippen LogP contribution in [-0.2, 0) is 9.47 Å². The highest BCUT2D eigenvalue weighted by Crippen LogP contribution is 2.38. The third kappa shape index (κ3) is 8.84. The second-order valence-electron chi connectivity index (χ2n) is 12.4. The summed E-state index contributed by atoms with van der Waals surface area (Å²) in [6, 6.07) is 6.30. The lowest BCUT2D eigenvalue weighted by molar-refractivity contribution is 0.0270. The number of nitrogen functional groups attached to an aromatic ring is 1. The zero-order valence-electron chi connectivity index (χ0n) is 27.0. The first kappa shape index (κ1) is 34.7. The molecule has 1 aromatic carbocycles. The molecule has 1 atom stereocenters. The van der Waals surface area contributed by atoms with Crippen LogP contribution in [0.2, 0.25) is 10.0 Å². The Bertz CT molecular complexity index is 1630. The number of amides is 1. The molecule has 1 amide bonds. The van der Waals surface area contributed by atoms with Crippen molar-refractivity contribution in [1.82, 2.24) is 19.8 Å². The van der Waals surface area contributed by atoms with E-state index in [1.807, 2.05) is 32.9 Å². The van der Waals surface area contributed by atoms with Gasteiger partial charge in [0.15, 0.2) is 11.6 Å². The lowest BCUT2D eigenvalue weighted by atomic mass is 10.0. The second-order valence-corrected chi connectivity index (χ2v) is 13.2.